The Bertz CT molecular complexity index is 254. The van der Waals surface area contributed by atoms with Crippen LogP contribution in [-0.4, -0.2) is 18.3 Å². The molecule has 0 radical (unpaired) electrons. The molecule has 1 rings (SSSR count). The van der Waals surface area contributed by atoms with E-state index in [0.29, 0.717) is 19.1 Å². The molecular weight excluding hydrogens is 178 g/mol. The van der Waals surface area contributed by atoms with Gasteiger partial charge < -0.3 is 15.6 Å². The Hall–Kier alpha value is -1.22. The van der Waals surface area contributed by atoms with Crippen LogP contribution in [0.1, 0.15) is 13.3 Å². The first kappa shape index (κ1) is 10.9. The Balaban J connectivity index is 2.41. The van der Waals surface area contributed by atoms with Crippen molar-refractivity contribution in [2.75, 3.05) is 13.2 Å². The van der Waals surface area contributed by atoms with Crippen molar-refractivity contribution in [1.29, 1.82) is 0 Å². The number of phenols is 1. The molecule has 3 nitrogen and oxygen atoms in total. The summed E-state index contributed by atoms with van der Waals surface area (Å²) in [5.74, 6) is 1.43. The number of nitrogens with two attached hydrogens (primary N) is 1. The second-order valence-corrected chi connectivity index (χ2v) is 3.31. The zero-order chi connectivity index (χ0) is 10.4. The van der Waals surface area contributed by atoms with E-state index >= 15 is 0 Å². The molecule has 0 aliphatic rings. The standard InChI is InChI=1S/C11H17NO2/c1-2-9(7-12)8-14-11-5-3-10(13)4-6-11/h3-6,9,13H,2,7-8,12H2,1H3. The Morgan fingerprint density at radius 3 is 2.50 bits per heavy atom. The van der Waals surface area contributed by atoms with Gasteiger partial charge in [-0.2, -0.15) is 0 Å². The lowest BCUT2D eigenvalue weighted by Crippen LogP contribution is -2.20. The van der Waals surface area contributed by atoms with Crippen molar-refractivity contribution in [3.63, 3.8) is 0 Å². The maximum atomic E-state index is 9.05. The maximum absolute atomic E-state index is 9.05. The van der Waals surface area contributed by atoms with E-state index in [4.69, 9.17) is 15.6 Å². The minimum absolute atomic E-state index is 0.253. The molecule has 0 fully saturated rings. The maximum Gasteiger partial charge on any atom is 0.119 e. The molecule has 0 aromatic heterocycles. The van der Waals surface area contributed by atoms with Gasteiger partial charge in [-0.15, -0.1) is 0 Å². The fraction of sp³-hybridized carbons (Fsp3) is 0.455. The van der Waals surface area contributed by atoms with Crippen molar-refractivity contribution < 1.29 is 9.84 Å². The summed E-state index contributed by atoms with van der Waals surface area (Å²) in [6, 6.07) is 6.72. The smallest absolute Gasteiger partial charge is 0.119 e. The van der Waals surface area contributed by atoms with Gasteiger partial charge >= 0.3 is 0 Å². The molecule has 0 amide bonds. The van der Waals surface area contributed by atoms with E-state index in [1.54, 1.807) is 24.3 Å². The van der Waals surface area contributed by atoms with E-state index < -0.39 is 0 Å². The molecule has 78 valence electrons. The molecule has 0 bridgehead atoms. The second kappa shape index (κ2) is 5.50. The summed E-state index contributed by atoms with van der Waals surface area (Å²) < 4.78 is 5.51. The van der Waals surface area contributed by atoms with Crippen LogP contribution in [0.25, 0.3) is 0 Å². The number of ether oxygens (including phenoxy) is 1. The highest BCUT2D eigenvalue weighted by Gasteiger charge is 2.04. The molecule has 0 saturated heterocycles. The van der Waals surface area contributed by atoms with Gasteiger partial charge in [0.05, 0.1) is 6.61 Å². The van der Waals surface area contributed by atoms with Crippen LogP contribution < -0.4 is 10.5 Å². The first-order valence-corrected chi connectivity index (χ1v) is 4.88. The van der Waals surface area contributed by atoms with Gasteiger partial charge in [-0.1, -0.05) is 6.92 Å². The monoisotopic (exact) mass is 195 g/mol. The van der Waals surface area contributed by atoms with Crippen molar-refractivity contribution >= 4 is 0 Å². The molecule has 0 aliphatic heterocycles. The third kappa shape index (κ3) is 3.26. The van der Waals surface area contributed by atoms with Crippen molar-refractivity contribution in [2.45, 2.75) is 13.3 Å². The molecule has 0 aliphatic carbocycles. The highest BCUT2D eigenvalue weighted by molar-refractivity contribution is 5.29. The van der Waals surface area contributed by atoms with Crippen LogP contribution in [-0.2, 0) is 0 Å². The largest absolute Gasteiger partial charge is 0.508 e. The molecule has 1 atom stereocenters. The van der Waals surface area contributed by atoms with Crippen LogP contribution in [0.2, 0.25) is 0 Å². The van der Waals surface area contributed by atoms with Gasteiger partial charge in [-0.3, -0.25) is 0 Å². The summed E-state index contributed by atoms with van der Waals surface area (Å²) >= 11 is 0. The highest BCUT2D eigenvalue weighted by atomic mass is 16.5. The fourth-order valence-electron chi connectivity index (χ4n) is 1.11. The summed E-state index contributed by atoms with van der Waals surface area (Å²) in [5, 5.41) is 9.05. The van der Waals surface area contributed by atoms with Crippen LogP contribution >= 0.6 is 0 Å². The molecule has 0 spiro atoms. The summed E-state index contributed by atoms with van der Waals surface area (Å²) in [5.41, 5.74) is 5.55. The molecule has 1 unspecified atom stereocenters. The molecule has 1 aromatic rings. The zero-order valence-electron chi connectivity index (χ0n) is 8.44. The van der Waals surface area contributed by atoms with Gasteiger partial charge in [0.1, 0.15) is 11.5 Å². The number of hydrogen-bond acceptors (Lipinski definition) is 3. The van der Waals surface area contributed by atoms with Crippen molar-refractivity contribution in [1.82, 2.24) is 0 Å². The lowest BCUT2D eigenvalue weighted by Gasteiger charge is -2.13. The third-order valence-corrected chi connectivity index (χ3v) is 2.23. The fourth-order valence-corrected chi connectivity index (χ4v) is 1.11. The number of aromatic hydroxyl groups is 1. The van der Waals surface area contributed by atoms with E-state index in [-0.39, 0.29) is 5.75 Å². The summed E-state index contributed by atoms with van der Waals surface area (Å²) in [4.78, 5) is 0. The first-order valence-electron chi connectivity index (χ1n) is 4.88. The average Bonchev–Trinajstić information content (AvgIpc) is 2.22. The van der Waals surface area contributed by atoms with Gasteiger partial charge in [-0.05, 0) is 37.2 Å². The second-order valence-electron chi connectivity index (χ2n) is 3.31. The van der Waals surface area contributed by atoms with Crippen molar-refractivity contribution in [3.05, 3.63) is 24.3 Å². The van der Waals surface area contributed by atoms with Crippen LogP contribution in [0.3, 0.4) is 0 Å². The molecule has 3 N–H and O–H groups in total. The van der Waals surface area contributed by atoms with E-state index in [1.165, 1.54) is 0 Å². The van der Waals surface area contributed by atoms with Gasteiger partial charge in [0.25, 0.3) is 0 Å². The average molecular weight is 195 g/mol. The van der Waals surface area contributed by atoms with Gasteiger partial charge in [0.2, 0.25) is 0 Å². The van der Waals surface area contributed by atoms with E-state index in [1.807, 2.05) is 0 Å². The SMILES string of the molecule is CCC(CN)COc1ccc(O)cc1. The van der Waals surface area contributed by atoms with E-state index in [0.717, 1.165) is 12.2 Å². The van der Waals surface area contributed by atoms with Crippen molar-refractivity contribution in [3.8, 4) is 11.5 Å². The number of benzene rings is 1. The molecule has 3 heteroatoms. The molecule has 0 heterocycles. The van der Waals surface area contributed by atoms with Gasteiger partial charge in [0, 0.05) is 5.92 Å². The van der Waals surface area contributed by atoms with Crippen LogP contribution in [0.5, 0.6) is 11.5 Å². The van der Waals surface area contributed by atoms with Gasteiger partial charge in [0.15, 0.2) is 0 Å². The topological polar surface area (TPSA) is 55.5 Å². The number of hydrogen-bond donors (Lipinski definition) is 2. The summed E-state index contributed by atoms with van der Waals surface area (Å²) in [7, 11) is 0. The Kier molecular flexibility index (Phi) is 4.26. The lowest BCUT2D eigenvalue weighted by atomic mass is 10.1. The molecular formula is C11H17NO2. The number of phenolic OH excluding ortho intramolecular Hbond substituents is 1. The number of rotatable bonds is 5. The molecule has 0 saturated carbocycles. The van der Waals surface area contributed by atoms with Crippen LogP contribution in [0.15, 0.2) is 24.3 Å². The van der Waals surface area contributed by atoms with E-state index in [9.17, 15) is 0 Å². The van der Waals surface area contributed by atoms with Crippen LogP contribution in [0.4, 0.5) is 0 Å². The Labute approximate surface area is 84.5 Å². The highest BCUT2D eigenvalue weighted by Crippen LogP contribution is 2.16. The first-order chi connectivity index (χ1) is 6.76. The van der Waals surface area contributed by atoms with Crippen LogP contribution in [0, 0.1) is 5.92 Å². The molecule has 14 heavy (non-hydrogen) atoms. The minimum Gasteiger partial charge on any atom is -0.508 e. The summed E-state index contributed by atoms with van der Waals surface area (Å²) in [6.07, 6.45) is 1.02. The quantitative estimate of drug-likeness (QED) is 0.752. The normalized spacial score (nSPS) is 12.4. The van der Waals surface area contributed by atoms with Crippen molar-refractivity contribution in [2.24, 2.45) is 11.7 Å². The Morgan fingerprint density at radius 1 is 1.36 bits per heavy atom. The third-order valence-electron chi connectivity index (χ3n) is 2.23. The lowest BCUT2D eigenvalue weighted by molar-refractivity contribution is 0.248. The molecule has 1 aromatic carbocycles. The Morgan fingerprint density at radius 2 is 2.00 bits per heavy atom. The van der Waals surface area contributed by atoms with E-state index in [2.05, 4.69) is 6.92 Å². The predicted octanol–water partition coefficient (Wildman–Crippen LogP) is 1.76. The minimum atomic E-state index is 0.253. The van der Waals surface area contributed by atoms with Gasteiger partial charge in [-0.25, -0.2) is 0 Å². The summed E-state index contributed by atoms with van der Waals surface area (Å²) in [6.45, 7) is 3.38. The predicted molar refractivity (Wildman–Crippen MR) is 56.4 cm³/mol. The zero-order valence-corrected chi connectivity index (χ0v) is 8.44.